The van der Waals surface area contributed by atoms with Gasteiger partial charge in [-0.2, -0.15) is 4.31 Å². The summed E-state index contributed by atoms with van der Waals surface area (Å²) in [5.41, 5.74) is 7.47. The van der Waals surface area contributed by atoms with Gasteiger partial charge in [-0.3, -0.25) is 0 Å². The van der Waals surface area contributed by atoms with E-state index >= 15 is 0 Å². The van der Waals surface area contributed by atoms with E-state index in [0.717, 1.165) is 12.0 Å². The van der Waals surface area contributed by atoms with E-state index in [9.17, 15) is 8.42 Å². The maximum Gasteiger partial charge on any atom is 0.243 e. The van der Waals surface area contributed by atoms with Gasteiger partial charge < -0.3 is 10.6 Å². The van der Waals surface area contributed by atoms with Crippen molar-refractivity contribution in [1.82, 2.24) is 9.21 Å². The van der Waals surface area contributed by atoms with Crippen LogP contribution in [-0.4, -0.2) is 50.8 Å². The molecule has 1 heterocycles. The maximum atomic E-state index is 12.8. The summed E-state index contributed by atoms with van der Waals surface area (Å²) >= 11 is 0. The summed E-state index contributed by atoms with van der Waals surface area (Å²) in [6.45, 7) is 5.19. The lowest BCUT2D eigenvalue weighted by atomic mass is 10.1. The van der Waals surface area contributed by atoms with Gasteiger partial charge in [-0.05, 0) is 44.1 Å². The molecular formula is C15H25N3O2S. The first kappa shape index (κ1) is 16.3. The predicted molar refractivity (Wildman–Crippen MR) is 85.6 cm³/mol. The molecule has 1 aromatic carbocycles. The number of nitrogens with zero attached hydrogens (tertiary/aromatic N) is 2. The third kappa shape index (κ3) is 3.07. The minimum atomic E-state index is -3.46. The molecule has 2 atom stereocenters. The van der Waals surface area contributed by atoms with Crippen LogP contribution in [0.3, 0.4) is 0 Å². The number of hydrogen-bond acceptors (Lipinski definition) is 4. The largest absolute Gasteiger partial charge is 0.398 e. The van der Waals surface area contributed by atoms with Gasteiger partial charge in [-0.15, -0.1) is 0 Å². The number of hydrogen-bond donors (Lipinski definition) is 1. The Bertz CT molecular complexity index is 613. The van der Waals surface area contributed by atoms with E-state index < -0.39 is 10.0 Å². The fourth-order valence-electron chi connectivity index (χ4n) is 2.98. The molecule has 2 rings (SSSR count). The second kappa shape index (κ2) is 5.94. The first-order valence-electron chi connectivity index (χ1n) is 7.32. The van der Waals surface area contributed by atoms with Crippen LogP contribution in [0.1, 0.15) is 19.4 Å². The number of benzene rings is 1. The average Bonchev–Trinajstić information content (AvgIpc) is 2.81. The summed E-state index contributed by atoms with van der Waals surface area (Å²) in [5.74, 6) is 0.321. The van der Waals surface area contributed by atoms with Crippen LogP contribution in [0.5, 0.6) is 0 Å². The molecule has 0 saturated carbocycles. The van der Waals surface area contributed by atoms with E-state index in [1.165, 1.54) is 0 Å². The van der Waals surface area contributed by atoms with Gasteiger partial charge in [-0.25, -0.2) is 8.42 Å². The SMILES string of the molecule is CCc1ccc(S(=O)(=O)N2CC(C)C(N(C)C)C2)cc1N. The Morgan fingerprint density at radius 2 is 2.00 bits per heavy atom. The number of anilines is 1. The zero-order valence-electron chi connectivity index (χ0n) is 13.2. The van der Waals surface area contributed by atoms with Crippen LogP contribution in [0.15, 0.2) is 23.1 Å². The molecule has 1 aromatic rings. The van der Waals surface area contributed by atoms with Gasteiger partial charge in [0.1, 0.15) is 0 Å². The van der Waals surface area contributed by atoms with Crippen LogP contribution in [-0.2, 0) is 16.4 Å². The monoisotopic (exact) mass is 311 g/mol. The van der Waals surface area contributed by atoms with Crippen molar-refractivity contribution in [2.24, 2.45) is 5.92 Å². The third-order valence-electron chi connectivity index (χ3n) is 4.34. The summed E-state index contributed by atoms with van der Waals surface area (Å²) < 4.78 is 27.1. The number of likely N-dealkylation sites (N-methyl/N-ethyl adjacent to an activating group) is 1. The molecule has 0 aliphatic carbocycles. The maximum absolute atomic E-state index is 12.8. The highest BCUT2D eigenvalue weighted by Gasteiger charge is 2.38. The van der Waals surface area contributed by atoms with Gasteiger partial charge in [0.2, 0.25) is 10.0 Å². The molecule has 0 bridgehead atoms. The highest BCUT2D eigenvalue weighted by molar-refractivity contribution is 7.89. The van der Waals surface area contributed by atoms with Gasteiger partial charge in [0.05, 0.1) is 4.90 Å². The van der Waals surface area contributed by atoms with Gasteiger partial charge in [0.15, 0.2) is 0 Å². The van der Waals surface area contributed by atoms with Crippen LogP contribution >= 0.6 is 0 Å². The molecular weight excluding hydrogens is 286 g/mol. The van der Waals surface area contributed by atoms with Gasteiger partial charge >= 0.3 is 0 Å². The highest BCUT2D eigenvalue weighted by atomic mass is 32.2. The number of nitrogens with two attached hydrogens (primary N) is 1. The van der Waals surface area contributed by atoms with Gasteiger partial charge in [0.25, 0.3) is 0 Å². The van der Waals surface area contributed by atoms with Crippen molar-refractivity contribution in [1.29, 1.82) is 0 Å². The van der Waals surface area contributed by atoms with Crippen molar-refractivity contribution < 1.29 is 8.42 Å². The highest BCUT2D eigenvalue weighted by Crippen LogP contribution is 2.28. The van der Waals surface area contributed by atoms with Crippen molar-refractivity contribution in [2.45, 2.75) is 31.2 Å². The zero-order chi connectivity index (χ0) is 15.8. The number of rotatable bonds is 4. The summed E-state index contributed by atoms with van der Waals surface area (Å²) in [6, 6.07) is 5.32. The van der Waals surface area contributed by atoms with Crippen LogP contribution < -0.4 is 5.73 Å². The van der Waals surface area contributed by atoms with E-state index in [0.29, 0.717) is 29.6 Å². The lowest BCUT2D eigenvalue weighted by molar-refractivity contribution is 0.263. The van der Waals surface area contributed by atoms with Gasteiger partial charge in [-0.1, -0.05) is 19.9 Å². The van der Waals surface area contributed by atoms with E-state index in [1.807, 2.05) is 27.1 Å². The second-order valence-electron chi connectivity index (χ2n) is 6.04. The standard InChI is InChI=1S/C15H25N3O2S/c1-5-12-6-7-13(8-14(12)16)21(19,20)18-9-11(2)15(10-18)17(3)4/h6-8,11,15H,5,9-10,16H2,1-4H3. The molecule has 2 unspecified atom stereocenters. The van der Waals surface area contributed by atoms with Crippen LogP contribution in [0.2, 0.25) is 0 Å². The molecule has 1 fully saturated rings. The van der Waals surface area contributed by atoms with Crippen LogP contribution in [0.4, 0.5) is 5.69 Å². The molecule has 1 aliphatic heterocycles. The fourth-order valence-corrected chi connectivity index (χ4v) is 4.57. The summed E-state index contributed by atoms with van der Waals surface area (Å²) in [6.07, 6.45) is 0.801. The Morgan fingerprint density at radius 1 is 1.33 bits per heavy atom. The first-order chi connectivity index (χ1) is 9.77. The second-order valence-corrected chi connectivity index (χ2v) is 7.98. The van der Waals surface area contributed by atoms with E-state index in [-0.39, 0.29) is 6.04 Å². The lowest BCUT2D eigenvalue weighted by Gasteiger charge is -2.22. The van der Waals surface area contributed by atoms with Crippen molar-refractivity contribution in [3.05, 3.63) is 23.8 Å². The molecule has 0 amide bonds. The van der Waals surface area contributed by atoms with Gasteiger partial charge in [0, 0.05) is 24.8 Å². The quantitative estimate of drug-likeness (QED) is 0.854. The van der Waals surface area contributed by atoms with Crippen LogP contribution in [0.25, 0.3) is 0 Å². The Kier molecular flexibility index (Phi) is 4.60. The Morgan fingerprint density at radius 3 is 2.48 bits per heavy atom. The Balaban J connectivity index is 2.29. The lowest BCUT2D eigenvalue weighted by Crippen LogP contribution is -2.35. The topological polar surface area (TPSA) is 66.6 Å². The third-order valence-corrected chi connectivity index (χ3v) is 6.17. The first-order valence-corrected chi connectivity index (χ1v) is 8.76. The Hall–Kier alpha value is -1.11. The Labute approximate surface area is 127 Å². The number of aryl methyl sites for hydroxylation is 1. The fraction of sp³-hybridized carbons (Fsp3) is 0.600. The minimum Gasteiger partial charge on any atom is -0.398 e. The molecule has 118 valence electrons. The predicted octanol–water partition coefficient (Wildman–Crippen LogP) is 1.40. The molecule has 5 nitrogen and oxygen atoms in total. The molecule has 1 aliphatic rings. The molecule has 6 heteroatoms. The zero-order valence-corrected chi connectivity index (χ0v) is 14.0. The van der Waals surface area contributed by atoms with Crippen LogP contribution in [0, 0.1) is 5.92 Å². The van der Waals surface area contributed by atoms with Crippen molar-refractivity contribution in [3.8, 4) is 0 Å². The van der Waals surface area contributed by atoms with E-state index in [2.05, 4.69) is 11.8 Å². The summed E-state index contributed by atoms with van der Waals surface area (Å²) in [5, 5.41) is 0. The molecule has 1 saturated heterocycles. The summed E-state index contributed by atoms with van der Waals surface area (Å²) in [4.78, 5) is 2.39. The number of sulfonamides is 1. The molecule has 0 spiro atoms. The van der Waals surface area contributed by atoms with Crippen molar-refractivity contribution in [2.75, 3.05) is 32.9 Å². The molecule has 21 heavy (non-hydrogen) atoms. The van der Waals surface area contributed by atoms with E-state index in [4.69, 9.17) is 5.73 Å². The minimum absolute atomic E-state index is 0.257. The number of nitrogen functional groups attached to an aromatic ring is 1. The molecule has 0 aromatic heterocycles. The van der Waals surface area contributed by atoms with E-state index in [1.54, 1.807) is 16.4 Å². The molecule has 2 N–H and O–H groups in total. The van der Waals surface area contributed by atoms with Crippen molar-refractivity contribution in [3.63, 3.8) is 0 Å². The average molecular weight is 311 g/mol. The smallest absolute Gasteiger partial charge is 0.243 e. The van der Waals surface area contributed by atoms with Crippen molar-refractivity contribution >= 4 is 15.7 Å². The summed E-state index contributed by atoms with van der Waals surface area (Å²) in [7, 11) is 0.524. The molecule has 0 radical (unpaired) electrons. The normalized spacial score (nSPS) is 23.9.